The highest BCUT2D eigenvalue weighted by molar-refractivity contribution is 5.31. The van der Waals surface area contributed by atoms with Crippen LogP contribution in [-0.4, -0.2) is 18.5 Å². The lowest BCUT2D eigenvalue weighted by atomic mass is 9.89. The summed E-state index contributed by atoms with van der Waals surface area (Å²) in [5.41, 5.74) is 4.39. The molecule has 0 spiro atoms. The molecule has 0 aliphatic heterocycles. The molecule has 1 aliphatic rings. The zero-order valence-electron chi connectivity index (χ0n) is 12.2. The summed E-state index contributed by atoms with van der Waals surface area (Å²) in [5.74, 6) is 1.06. The Kier molecular flexibility index (Phi) is 5.04. The third-order valence-electron chi connectivity index (χ3n) is 3.72. The standard InChI is InChI=1S/C16H27N/c1-7-15-10-12(3)9-14(5)16(11-13(15)4)17(6)8-2/h9-11,13-14H,7-8H2,1-6H3. The van der Waals surface area contributed by atoms with Crippen molar-refractivity contribution in [2.45, 2.75) is 41.0 Å². The molecule has 0 amide bonds. The van der Waals surface area contributed by atoms with E-state index < -0.39 is 0 Å². The Morgan fingerprint density at radius 2 is 1.76 bits per heavy atom. The molecule has 0 aromatic rings. The summed E-state index contributed by atoms with van der Waals surface area (Å²) in [4.78, 5) is 2.36. The average Bonchev–Trinajstić information content (AvgIpc) is 2.30. The van der Waals surface area contributed by atoms with Gasteiger partial charge in [0, 0.05) is 25.2 Å². The second-order valence-electron chi connectivity index (χ2n) is 5.17. The van der Waals surface area contributed by atoms with Gasteiger partial charge < -0.3 is 4.90 Å². The van der Waals surface area contributed by atoms with E-state index in [1.165, 1.54) is 16.8 Å². The molecule has 2 unspecified atom stereocenters. The minimum Gasteiger partial charge on any atom is -0.378 e. The van der Waals surface area contributed by atoms with Gasteiger partial charge in [-0.2, -0.15) is 0 Å². The molecule has 0 saturated heterocycles. The monoisotopic (exact) mass is 233 g/mol. The highest BCUT2D eigenvalue weighted by Gasteiger charge is 2.15. The Bertz CT molecular complexity index is 347. The average molecular weight is 233 g/mol. The van der Waals surface area contributed by atoms with Crippen LogP contribution < -0.4 is 0 Å². The molecule has 0 aromatic heterocycles. The van der Waals surface area contributed by atoms with Crippen LogP contribution in [0.5, 0.6) is 0 Å². The maximum Gasteiger partial charge on any atom is 0.0163 e. The molecule has 1 aliphatic carbocycles. The van der Waals surface area contributed by atoms with Crippen LogP contribution in [0.2, 0.25) is 0 Å². The molecular weight excluding hydrogens is 206 g/mol. The Morgan fingerprint density at radius 3 is 2.29 bits per heavy atom. The van der Waals surface area contributed by atoms with E-state index in [9.17, 15) is 0 Å². The summed E-state index contributed by atoms with van der Waals surface area (Å²) < 4.78 is 0. The van der Waals surface area contributed by atoms with Crippen molar-refractivity contribution >= 4 is 0 Å². The zero-order valence-corrected chi connectivity index (χ0v) is 12.2. The first-order chi connectivity index (χ1) is 7.99. The van der Waals surface area contributed by atoms with Crippen LogP contribution in [0.15, 0.2) is 35.1 Å². The molecule has 0 bridgehead atoms. The molecule has 0 saturated carbocycles. The topological polar surface area (TPSA) is 3.24 Å². The molecule has 0 radical (unpaired) electrons. The van der Waals surface area contributed by atoms with Gasteiger partial charge in [-0.25, -0.2) is 0 Å². The summed E-state index contributed by atoms with van der Waals surface area (Å²) in [6.45, 7) is 12.3. The Morgan fingerprint density at radius 1 is 1.12 bits per heavy atom. The molecule has 1 nitrogen and oxygen atoms in total. The first kappa shape index (κ1) is 14.1. The molecule has 1 rings (SSSR count). The van der Waals surface area contributed by atoms with Gasteiger partial charge in [0.25, 0.3) is 0 Å². The highest BCUT2D eigenvalue weighted by Crippen LogP contribution is 2.27. The van der Waals surface area contributed by atoms with Crippen LogP contribution in [-0.2, 0) is 0 Å². The smallest absolute Gasteiger partial charge is 0.0163 e. The second kappa shape index (κ2) is 6.09. The fourth-order valence-electron chi connectivity index (χ4n) is 2.55. The van der Waals surface area contributed by atoms with Gasteiger partial charge >= 0.3 is 0 Å². The van der Waals surface area contributed by atoms with Gasteiger partial charge in [0.1, 0.15) is 0 Å². The fourth-order valence-corrected chi connectivity index (χ4v) is 2.55. The molecule has 2 atom stereocenters. The van der Waals surface area contributed by atoms with Gasteiger partial charge in [-0.15, -0.1) is 0 Å². The minimum atomic E-state index is 0.511. The highest BCUT2D eigenvalue weighted by atomic mass is 15.1. The molecular formula is C16H27N. The van der Waals surface area contributed by atoms with Crippen molar-refractivity contribution in [3.63, 3.8) is 0 Å². The third kappa shape index (κ3) is 3.49. The van der Waals surface area contributed by atoms with E-state index >= 15 is 0 Å². The second-order valence-corrected chi connectivity index (χ2v) is 5.17. The van der Waals surface area contributed by atoms with E-state index in [-0.39, 0.29) is 0 Å². The van der Waals surface area contributed by atoms with Crippen LogP contribution in [0.1, 0.15) is 41.0 Å². The van der Waals surface area contributed by atoms with E-state index in [1.54, 1.807) is 0 Å². The van der Waals surface area contributed by atoms with Crippen molar-refractivity contribution in [1.29, 1.82) is 0 Å². The van der Waals surface area contributed by atoms with Crippen molar-refractivity contribution in [3.05, 3.63) is 35.1 Å². The fraction of sp³-hybridized carbons (Fsp3) is 0.625. The van der Waals surface area contributed by atoms with Gasteiger partial charge in [-0.1, -0.05) is 50.1 Å². The predicted octanol–water partition coefficient (Wildman–Crippen LogP) is 4.39. The lowest BCUT2D eigenvalue weighted by Gasteiger charge is -2.28. The van der Waals surface area contributed by atoms with E-state index in [4.69, 9.17) is 0 Å². The molecule has 0 aromatic carbocycles. The van der Waals surface area contributed by atoms with Crippen LogP contribution in [0.3, 0.4) is 0 Å². The lowest BCUT2D eigenvalue weighted by Crippen LogP contribution is -2.23. The summed E-state index contributed by atoms with van der Waals surface area (Å²) in [7, 11) is 2.19. The van der Waals surface area contributed by atoms with Gasteiger partial charge in [0.05, 0.1) is 0 Å². The number of rotatable bonds is 3. The van der Waals surface area contributed by atoms with E-state index in [1.807, 2.05) is 0 Å². The normalized spacial score (nSPS) is 25.4. The Balaban J connectivity index is 3.16. The van der Waals surface area contributed by atoms with Gasteiger partial charge in [0.15, 0.2) is 0 Å². The molecule has 0 heterocycles. The molecule has 0 fully saturated rings. The van der Waals surface area contributed by atoms with Gasteiger partial charge in [0.2, 0.25) is 0 Å². The predicted molar refractivity (Wildman–Crippen MR) is 76.8 cm³/mol. The minimum absolute atomic E-state index is 0.511. The van der Waals surface area contributed by atoms with Gasteiger partial charge in [-0.3, -0.25) is 0 Å². The lowest BCUT2D eigenvalue weighted by molar-refractivity contribution is 0.399. The molecule has 1 heteroatoms. The third-order valence-corrected chi connectivity index (χ3v) is 3.72. The van der Waals surface area contributed by atoms with Crippen LogP contribution in [0.25, 0.3) is 0 Å². The summed E-state index contributed by atoms with van der Waals surface area (Å²) in [6.07, 6.45) is 8.31. The molecule has 17 heavy (non-hydrogen) atoms. The number of nitrogens with zero attached hydrogens (tertiary/aromatic N) is 1. The van der Waals surface area contributed by atoms with E-state index in [0.29, 0.717) is 11.8 Å². The zero-order chi connectivity index (χ0) is 13.0. The van der Waals surface area contributed by atoms with Crippen molar-refractivity contribution in [1.82, 2.24) is 4.90 Å². The van der Waals surface area contributed by atoms with E-state index in [2.05, 4.69) is 64.8 Å². The van der Waals surface area contributed by atoms with Crippen molar-refractivity contribution in [3.8, 4) is 0 Å². The molecule has 96 valence electrons. The Labute approximate surface area is 107 Å². The van der Waals surface area contributed by atoms with Crippen molar-refractivity contribution in [2.24, 2.45) is 11.8 Å². The number of hydrogen-bond acceptors (Lipinski definition) is 1. The number of allylic oxidation sites excluding steroid dienone is 5. The summed E-state index contributed by atoms with van der Waals surface area (Å²) in [5, 5.41) is 0. The van der Waals surface area contributed by atoms with Crippen LogP contribution in [0, 0.1) is 11.8 Å². The first-order valence-corrected chi connectivity index (χ1v) is 6.81. The maximum absolute atomic E-state index is 2.44. The SMILES string of the molecule is CCC1=CC(C)=CC(C)C(N(C)CC)=CC1C. The van der Waals surface area contributed by atoms with Crippen molar-refractivity contribution in [2.75, 3.05) is 13.6 Å². The first-order valence-electron chi connectivity index (χ1n) is 6.81. The largest absolute Gasteiger partial charge is 0.378 e. The van der Waals surface area contributed by atoms with Crippen molar-refractivity contribution < 1.29 is 0 Å². The molecule has 0 N–H and O–H groups in total. The van der Waals surface area contributed by atoms with Crippen LogP contribution in [0.4, 0.5) is 0 Å². The number of hydrogen-bond donors (Lipinski definition) is 0. The summed E-state index contributed by atoms with van der Waals surface area (Å²) >= 11 is 0. The van der Waals surface area contributed by atoms with E-state index in [0.717, 1.165) is 13.0 Å². The Hall–Kier alpha value is -0.980. The maximum atomic E-state index is 2.44. The summed E-state index contributed by atoms with van der Waals surface area (Å²) in [6, 6.07) is 0. The van der Waals surface area contributed by atoms with Gasteiger partial charge in [-0.05, 0) is 26.2 Å². The quantitative estimate of drug-likeness (QED) is 0.699. The van der Waals surface area contributed by atoms with Crippen LogP contribution >= 0.6 is 0 Å².